The maximum atomic E-state index is 11.9. The van der Waals surface area contributed by atoms with Gasteiger partial charge in [0.1, 0.15) is 5.75 Å². The van der Waals surface area contributed by atoms with Crippen LogP contribution in [0.15, 0.2) is 29.8 Å². The van der Waals surface area contributed by atoms with Gasteiger partial charge in [-0.15, -0.1) is 11.3 Å². The zero-order valence-corrected chi connectivity index (χ0v) is 11.2. The van der Waals surface area contributed by atoms with Crippen molar-refractivity contribution in [2.45, 2.75) is 6.92 Å². The second kappa shape index (κ2) is 5.84. The summed E-state index contributed by atoms with van der Waals surface area (Å²) >= 11 is 7.38. The first-order chi connectivity index (χ1) is 8.70. The molecule has 0 atom stereocenters. The lowest BCUT2D eigenvalue weighted by atomic mass is 10.2. The van der Waals surface area contributed by atoms with Gasteiger partial charge >= 0.3 is 0 Å². The Kier molecular flexibility index (Phi) is 4.17. The first-order valence-corrected chi connectivity index (χ1v) is 6.59. The normalized spacial score (nSPS) is 10.1. The van der Waals surface area contributed by atoms with Gasteiger partial charge in [-0.3, -0.25) is 10.1 Å². The molecule has 0 radical (unpaired) electrons. The number of benzene rings is 1. The zero-order chi connectivity index (χ0) is 13.0. The van der Waals surface area contributed by atoms with Gasteiger partial charge in [-0.1, -0.05) is 11.6 Å². The fourth-order valence-electron chi connectivity index (χ4n) is 1.37. The van der Waals surface area contributed by atoms with E-state index in [-0.39, 0.29) is 5.91 Å². The Labute approximate surface area is 114 Å². The molecular formula is C12H11ClN2O2S. The lowest BCUT2D eigenvalue weighted by Gasteiger charge is -2.07. The predicted octanol–water partition coefficient (Wildman–Crippen LogP) is 3.45. The monoisotopic (exact) mass is 282 g/mol. The number of halogens is 1. The third-order valence-electron chi connectivity index (χ3n) is 2.15. The molecule has 0 saturated heterocycles. The highest BCUT2D eigenvalue weighted by molar-refractivity contribution is 7.13. The molecule has 0 fully saturated rings. The molecule has 0 unspecified atom stereocenters. The van der Waals surface area contributed by atoms with Gasteiger partial charge in [0.05, 0.1) is 11.6 Å². The van der Waals surface area contributed by atoms with Crippen molar-refractivity contribution in [2.75, 3.05) is 11.9 Å². The average molecular weight is 283 g/mol. The molecule has 18 heavy (non-hydrogen) atoms. The van der Waals surface area contributed by atoms with Crippen LogP contribution in [-0.4, -0.2) is 17.5 Å². The lowest BCUT2D eigenvalue weighted by molar-refractivity contribution is 0.102. The molecule has 0 aliphatic rings. The zero-order valence-electron chi connectivity index (χ0n) is 9.64. The van der Waals surface area contributed by atoms with E-state index in [0.29, 0.717) is 28.1 Å². The maximum absolute atomic E-state index is 11.9. The average Bonchev–Trinajstić information content (AvgIpc) is 2.84. The Morgan fingerprint density at radius 3 is 3.00 bits per heavy atom. The first-order valence-electron chi connectivity index (χ1n) is 5.34. The number of carbonyl (C=O) groups is 1. The van der Waals surface area contributed by atoms with Crippen LogP contribution in [0.1, 0.15) is 17.3 Å². The second-order valence-corrected chi connectivity index (χ2v) is 4.67. The number of hydrogen-bond donors (Lipinski definition) is 1. The van der Waals surface area contributed by atoms with Crippen molar-refractivity contribution >= 4 is 34.0 Å². The Hall–Kier alpha value is -1.59. The summed E-state index contributed by atoms with van der Waals surface area (Å²) in [7, 11) is 0. The van der Waals surface area contributed by atoms with Gasteiger partial charge in [-0.05, 0) is 25.1 Å². The Bertz CT molecular complexity index is 543. The molecule has 94 valence electrons. The molecule has 4 nitrogen and oxygen atoms in total. The molecule has 1 heterocycles. The van der Waals surface area contributed by atoms with E-state index in [1.54, 1.807) is 29.8 Å². The highest BCUT2D eigenvalue weighted by Crippen LogP contribution is 2.25. The Morgan fingerprint density at radius 1 is 1.56 bits per heavy atom. The highest BCUT2D eigenvalue weighted by Gasteiger charge is 2.10. The van der Waals surface area contributed by atoms with Gasteiger partial charge in [0, 0.05) is 17.1 Å². The molecule has 2 rings (SSSR count). The number of ether oxygens (including phenoxy) is 1. The lowest BCUT2D eigenvalue weighted by Crippen LogP contribution is -2.11. The summed E-state index contributed by atoms with van der Waals surface area (Å²) < 4.78 is 5.30. The first kappa shape index (κ1) is 12.9. The quantitative estimate of drug-likeness (QED) is 0.934. The largest absolute Gasteiger partial charge is 0.492 e. The molecule has 0 aliphatic carbocycles. The van der Waals surface area contributed by atoms with E-state index in [0.717, 1.165) is 0 Å². The number of nitrogens with one attached hydrogen (secondary N) is 1. The number of hydrogen-bond acceptors (Lipinski definition) is 4. The van der Waals surface area contributed by atoms with Gasteiger partial charge in [-0.2, -0.15) is 0 Å². The Morgan fingerprint density at radius 2 is 2.39 bits per heavy atom. The molecule has 2 aromatic rings. The van der Waals surface area contributed by atoms with E-state index < -0.39 is 0 Å². The summed E-state index contributed by atoms with van der Waals surface area (Å²) in [5, 5.41) is 5.46. The number of carbonyl (C=O) groups excluding carboxylic acids is 1. The summed E-state index contributed by atoms with van der Waals surface area (Å²) in [4.78, 5) is 15.9. The van der Waals surface area contributed by atoms with Crippen molar-refractivity contribution in [2.24, 2.45) is 0 Å². The number of anilines is 1. The van der Waals surface area contributed by atoms with Crippen molar-refractivity contribution in [3.05, 3.63) is 40.4 Å². The van der Waals surface area contributed by atoms with Gasteiger partial charge in [0.2, 0.25) is 0 Å². The van der Waals surface area contributed by atoms with Crippen LogP contribution in [0.25, 0.3) is 0 Å². The van der Waals surface area contributed by atoms with E-state index in [2.05, 4.69) is 10.3 Å². The van der Waals surface area contributed by atoms with Crippen LogP contribution in [0.5, 0.6) is 5.75 Å². The van der Waals surface area contributed by atoms with Gasteiger partial charge in [-0.25, -0.2) is 4.98 Å². The van der Waals surface area contributed by atoms with Crippen LogP contribution in [0, 0.1) is 0 Å². The maximum Gasteiger partial charge on any atom is 0.257 e. The minimum Gasteiger partial charge on any atom is -0.492 e. The van der Waals surface area contributed by atoms with E-state index in [4.69, 9.17) is 16.3 Å². The van der Waals surface area contributed by atoms with E-state index in [9.17, 15) is 4.79 Å². The molecule has 1 aromatic heterocycles. The number of thiazole rings is 1. The number of amides is 1. The predicted molar refractivity (Wildman–Crippen MR) is 72.7 cm³/mol. The van der Waals surface area contributed by atoms with Crippen LogP contribution in [-0.2, 0) is 0 Å². The van der Waals surface area contributed by atoms with Crippen molar-refractivity contribution in [1.82, 2.24) is 4.98 Å². The third kappa shape index (κ3) is 3.00. The molecule has 1 N–H and O–H groups in total. The van der Waals surface area contributed by atoms with E-state index in [1.165, 1.54) is 11.3 Å². The van der Waals surface area contributed by atoms with E-state index >= 15 is 0 Å². The minimum atomic E-state index is -0.241. The van der Waals surface area contributed by atoms with Crippen LogP contribution < -0.4 is 10.1 Å². The van der Waals surface area contributed by atoms with Crippen LogP contribution in [0.4, 0.5) is 5.13 Å². The van der Waals surface area contributed by atoms with E-state index in [1.807, 2.05) is 6.92 Å². The molecule has 0 bridgehead atoms. The summed E-state index contributed by atoms with van der Waals surface area (Å²) in [5.41, 5.74) is 0.471. The summed E-state index contributed by atoms with van der Waals surface area (Å²) in [6.45, 7) is 2.41. The topological polar surface area (TPSA) is 51.2 Å². The van der Waals surface area contributed by atoms with Crippen molar-refractivity contribution in [1.29, 1.82) is 0 Å². The van der Waals surface area contributed by atoms with Gasteiger partial charge < -0.3 is 4.74 Å². The summed E-state index contributed by atoms with van der Waals surface area (Å²) in [6, 6.07) is 4.93. The molecule has 1 amide bonds. The minimum absolute atomic E-state index is 0.241. The molecule has 6 heteroatoms. The summed E-state index contributed by atoms with van der Waals surface area (Å²) in [5.74, 6) is 0.333. The standard InChI is InChI=1S/C12H11ClN2O2S/c1-2-17-10-4-3-8(7-9(10)13)11(16)15-12-14-5-6-18-12/h3-7H,2H2,1H3,(H,14,15,16). The second-order valence-electron chi connectivity index (χ2n) is 3.37. The van der Waals surface area contributed by atoms with Crippen molar-refractivity contribution < 1.29 is 9.53 Å². The molecule has 1 aromatic carbocycles. The van der Waals surface area contributed by atoms with Crippen LogP contribution in [0.3, 0.4) is 0 Å². The Balaban J connectivity index is 2.13. The highest BCUT2D eigenvalue weighted by atomic mass is 35.5. The SMILES string of the molecule is CCOc1ccc(C(=O)Nc2nccs2)cc1Cl. The molecule has 0 aliphatic heterocycles. The van der Waals surface area contributed by atoms with Crippen LogP contribution >= 0.6 is 22.9 Å². The summed E-state index contributed by atoms with van der Waals surface area (Å²) in [6.07, 6.45) is 1.63. The number of nitrogens with zero attached hydrogens (tertiary/aromatic N) is 1. The van der Waals surface area contributed by atoms with Gasteiger partial charge in [0.15, 0.2) is 5.13 Å². The number of rotatable bonds is 4. The van der Waals surface area contributed by atoms with Crippen molar-refractivity contribution in [3.63, 3.8) is 0 Å². The molecule has 0 spiro atoms. The number of aromatic nitrogens is 1. The van der Waals surface area contributed by atoms with Crippen molar-refractivity contribution in [3.8, 4) is 5.75 Å². The molecule has 0 saturated carbocycles. The van der Waals surface area contributed by atoms with Crippen LogP contribution in [0.2, 0.25) is 5.02 Å². The van der Waals surface area contributed by atoms with Gasteiger partial charge in [0.25, 0.3) is 5.91 Å². The fourth-order valence-corrected chi connectivity index (χ4v) is 2.13. The molecular weight excluding hydrogens is 272 g/mol. The third-order valence-corrected chi connectivity index (χ3v) is 3.13. The fraction of sp³-hybridized carbons (Fsp3) is 0.167. The smallest absolute Gasteiger partial charge is 0.257 e.